The van der Waals surface area contributed by atoms with Gasteiger partial charge < -0.3 is 5.32 Å². The molecule has 2 rings (SSSR count). The molecule has 1 aliphatic rings. The Hall–Kier alpha value is -0.820. The largest absolute Gasteiger partial charge is 0.313 e. The van der Waals surface area contributed by atoms with Crippen LogP contribution >= 0.6 is 0 Å². The summed E-state index contributed by atoms with van der Waals surface area (Å²) in [4.78, 5) is 0. The number of hydrogen-bond acceptors (Lipinski definition) is 1. The minimum absolute atomic E-state index is 0.360. The van der Waals surface area contributed by atoms with Crippen molar-refractivity contribution >= 4 is 0 Å². The van der Waals surface area contributed by atoms with Gasteiger partial charge in [0.25, 0.3) is 0 Å². The summed E-state index contributed by atoms with van der Waals surface area (Å²) in [5.41, 5.74) is 1.93. The molecule has 0 heterocycles. The molecule has 0 aromatic heterocycles. The predicted octanol–water partition coefficient (Wildman–Crippen LogP) is 5.30. The van der Waals surface area contributed by atoms with Crippen LogP contribution in [0.25, 0.3) is 0 Å². The molecule has 118 valence electrons. The summed E-state index contributed by atoms with van der Waals surface area (Å²) in [7, 11) is 0. The van der Waals surface area contributed by atoms with Gasteiger partial charge >= 0.3 is 0 Å². The second-order valence-electron chi connectivity index (χ2n) is 6.94. The van der Waals surface area contributed by atoms with Crippen LogP contribution in [-0.4, -0.2) is 12.6 Å². The van der Waals surface area contributed by atoms with E-state index in [0.717, 1.165) is 12.5 Å². The van der Waals surface area contributed by atoms with E-state index in [0.29, 0.717) is 11.5 Å². The highest BCUT2D eigenvalue weighted by Crippen LogP contribution is 2.44. The van der Waals surface area contributed by atoms with Crippen LogP contribution in [0.3, 0.4) is 0 Å². The van der Waals surface area contributed by atoms with Gasteiger partial charge in [0.2, 0.25) is 0 Å². The third-order valence-corrected chi connectivity index (χ3v) is 5.55. The zero-order valence-electron chi connectivity index (χ0n) is 14.2. The molecule has 21 heavy (non-hydrogen) atoms. The minimum atomic E-state index is 0.360. The Labute approximate surface area is 131 Å². The minimum Gasteiger partial charge on any atom is -0.313 e. The van der Waals surface area contributed by atoms with E-state index in [-0.39, 0.29) is 0 Å². The van der Waals surface area contributed by atoms with Crippen LogP contribution in [0.15, 0.2) is 30.3 Å². The van der Waals surface area contributed by atoms with Crippen molar-refractivity contribution in [3.05, 3.63) is 35.9 Å². The van der Waals surface area contributed by atoms with Crippen LogP contribution in [0.5, 0.6) is 0 Å². The highest BCUT2D eigenvalue weighted by molar-refractivity contribution is 5.28. The first-order valence-corrected chi connectivity index (χ1v) is 9.02. The molecule has 1 fully saturated rings. The summed E-state index contributed by atoms with van der Waals surface area (Å²) in [6.45, 7) is 8.07. The summed E-state index contributed by atoms with van der Waals surface area (Å²) in [5.74, 6) is 0.802. The molecule has 2 atom stereocenters. The average Bonchev–Trinajstić information content (AvgIpc) is 2.55. The Morgan fingerprint density at radius 1 is 1.05 bits per heavy atom. The highest BCUT2D eigenvalue weighted by atomic mass is 14.9. The topological polar surface area (TPSA) is 12.0 Å². The SMILES string of the molecule is CCNC(CC(C)CC)C1(c2ccccc2)CCCCC1. The van der Waals surface area contributed by atoms with Crippen molar-refractivity contribution in [1.29, 1.82) is 0 Å². The molecule has 0 aliphatic heterocycles. The van der Waals surface area contributed by atoms with Gasteiger partial charge in [-0.2, -0.15) is 0 Å². The first-order valence-electron chi connectivity index (χ1n) is 9.02. The van der Waals surface area contributed by atoms with Crippen LogP contribution in [0.1, 0.15) is 71.3 Å². The molecule has 0 spiro atoms. The lowest BCUT2D eigenvalue weighted by atomic mass is 9.63. The van der Waals surface area contributed by atoms with Crippen LogP contribution in [-0.2, 0) is 5.41 Å². The van der Waals surface area contributed by atoms with Gasteiger partial charge in [-0.15, -0.1) is 0 Å². The van der Waals surface area contributed by atoms with Crippen molar-refractivity contribution in [2.45, 2.75) is 77.2 Å². The van der Waals surface area contributed by atoms with E-state index in [1.54, 1.807) is 5.56 Å². The van der Waals surface area contributed by atoms with E-state index in [1.165, 1.54) is 44.9 Å². The van der Waals surface area contributed by atoms with Crippen LogP contribution in [0.2, 0.25) is 0 Å². The average molecular weight is 287 g/mol. The molecule has 1 saturated carbocycles. The molecular weight excluding hydrogens is 254 g/mol. The van der Waals surface area contributed by atoms with Crippen molar-refractivity contribution in [2.75, 3.05) is 6.54 Å². The Balaban J connectivity index is 2.31. The second kappa shape index (κ2) is 7.98. The standard InChI is InChI=1S/C20H33N/c1-4-17(3)16-19(21-5-2)20(14-10-7-11-15-20)18-12-8-6-9-13-18/h6,8-9,12-13,17,19,21H,4-5,7,10-11,14-16H2,1-3H3. The highest BCUT2D eigenvalue weighted by Gasteiger charge is 2.40. The molecule has 0 radical (unpaired) electrons. The van der Waals surface area contributed by atoms with Gasteiger partial charge in [0.05, 0.1) is 0 Å². The number of nitrogens with one attached hydrogen (secondary N) is 1. The van der Waals surface area contributed by atoms with Crippen LogP contribution in [0.4, 0.5) is 0 Å². The van der Waals surface area contributed by atoms with Crippen molar-refractivity contribution in [1.82, 2.24) is 5.32 Å². The molecular formula is C20H33N. The quantitative estimate of drug-likeness (QED) is 0.717. The van der Waals surface area contributed by atoms with Gasteiger partial charge in [-0.05, 0) is 37.3 Å². The molecule has 1 aromatic carbocycles. The summed E-state index contributed by atoms with van der Waals surface area (Å²) < 4.78 is 0. The lowest BCUT2D eigenvalue weighted by Crippen LogP contribution is -2.50. The van der Waals surface area contributed by atoms with E-state index >= 15 is 0 Å². The summed E-state index contributed by atoms with van der Waals surface area (Å²) in [5, 5.41) is 3.86. The Morgan fingerprint density at radius 3 is 2.29 bits per heavy atom. The van der Waals surface area contributed by atoms with E-state index < -0.39 is 0 Å². The Morgan fingerprint density at radius 2 is 1.71 bits per heavy atom. The van der Waals surface area contributed by atoms with Gasteiger partial charge in [0.1, 0.15) is 0 Å². The van der Waals surface area contributed by atoms with E-state index in [9.17, 15) is 0 Å². The maximum Gasteiger partial charge on any atom is 0.0166 e. The molecule has 1 nitrogen and oxygen atoms in total. The smallest absolute Gasteiger partial charge is 0.0166 e. The fourth-order valence-electron chi connectivity index (χ4n) is 4.11. The molecule has 1 aromatic rings. The Kier molecular flexibility index (Phi) is 6.29. The lowest BCUT2D eigenvalue weighted by molar-refractivity contribution is 0.189. The van der Waals surface area contributed by atoms with Gasteiger partial charge in [0.15, 0.2) is 0 Å². The summed E-state index contributed by atoms with van der Waals surface area (Å²) in [6.07, 6.45) is 9.48. The molecule has 1 aliphatic carbocycles. The normalized spacial score (nSPS) is 20.9. The van der Waals surface area contributed by atoms with Gasteiger partial charge in [-0.25, -0.2) is 0 Å². The fraction of sp³-hybridized carbons (Fsp3) is 0.700. The zero-order chi connectivity index (χ0) is 15.1. The van der Waals surface area contributed by atoms with Crippen LogP contribution < -0.4 is 5.32 Å². The fourth-order valence-corrected chi connectivity index (χ4v) is 4.11. The van der Waals surface area contributed by atoms with Crippen molar-refractivity contribution < 1.29 is 0 Å². The van der Waals surface area contributed by atoms with E-state index in [4.69, 9.17) is 0 Å². The van der Waals surface area contributed by atoms with Gasteiger partial charge in [0, 0.05) is 11.5 Å². The van der Waals surface area contributed by atoms with Crippen molar-refractivity contribution in [3.8, 4) is 0 Å². The third kappa shape index (κ3) is 3.88. The van der Waals surface area contributed by atoms with Crippen molar-refractivity contribution in [2.24, 2.45) is 5.92 Å². The predicted molar refractivity (Wildman–Crippen MR) is 92.7 cm³/mol. The third-order valence-electron chi connectivity index (χ3n) is 5.55. The number of rotatable bonds is 7. The Bertz CT molecular complexity index is 392. The van der Waals surface area contributed by atoms with Crippen molar-refractivity contribution in [3.63, 3.8) is 0 Å². The first kappa shape index (κ1) is 16.5. The van der Waals surface area contributed by atoms with Gasteiger partial charge in [-0.1, -0.05) is 76.8 Å². The summed E-state index contributed by atoms with van der Waals surface area (Å²) >= 11 is 0. The monoisotopic (exact) mass is 287 g/mol. The number of benzene rings is 1. The summed E-state index contributed by atoms with van der Waals surface area (Å²) in [6, 6.07) is 11.9. The van der Waals surface area contributed by atoms with E-state index in [1.807, 2.05) is 0 Å². The molecule has 2 unspecified atom stereocenters. The number of hydrogen-bond donors (Lipinski definition) is 1. The zero-order valence-corrected chi connectivity index (χ0v) is 14.2. The molecule has 1 heteroatoms. The maximum absolute atomic E-state index is 3.86. The molecule has 0 amide bonds. The molecule has 0 bridgehead atoms. The first-order chi connectivity index (χ1) is 10.2. The number of likely N-dealkylation sites (N-methyl/N-ethyl adjacent to an activating group) is 1. The second-order valence-corrected chi connectivity index (χ2v) is 6.94. The molecule has 1 N–H and O–H groups in total. The van der Waals surface area contributed by atoms with Gasteiger partial charge in [-0.3, -0.25) is 0 Å². The lowest BCUT2D eigenvalue weighted by Gasteiger charge is -2.45. The molecule has 0 saturated heterocycles. The van der Waals surface area contributed by atoms with E-state index in [2.05, 4.69) is 56.4 Å². The van der Waals surface area contributed by atoms with Crippen LogP contribution in [0, 0.1) is 5.92 Å². The maximum atomic E-state index is 3.86.